The highest BCUT2D eigenvalue weighted by molar-refractivity contribution is 5.86. The predicted octanol–water partition coefficient (Wildman–Crippen LogP) is 3.99. The molecular weight excluding hydrogens is 292 g/mol. The minimum absolute atomic E-state index is 0.0140. The van der Waals surface area contributed by atoms with Crippen molar-refractivity contribution in [2.45, 2.75) is 58.3 Å². The van der Waals surface area contributed by atoms with Gasteiger partial charge in [0.25, 0.3) is 0 Å². The Morgan fingerprint density at radius 2 is 1.91 bits per heavy atom. The summed E-state index contributed by atoms with van der Waals surface area (Å²) in [5.41, 5.74) is 2.99. The molecule has 0 bridgehead atoms. The Labute approximate surface area is 138 Å². The van der Waals surface area contributed by atoms with Gasteiger partial charge in [-0.3, -0.25) is 4.79 Å². The van der Waals surface area contributed by atoms with Crippen molar-refractivity contribution in [3.8, 4) is 11.5 Å². The van der Waals surface area contributed by atoms with Crippen molar-refractivity contribution >= 4 is 12.1 Å². The zero-order chi connectivity index (χ0) is 16.9. The molecule has 128 valence electrons. The summed E-state index contributed by atoms with van der Waals surface area (Å²) in [4.78, 5) is 11.7. The number of hydrogen-bond acceptors (Lipinski definition) is 4. The fourth-order valence-electron chi connectivity index (χ4n) is 2.28. The standard InChI is InChI=1S/C18H28N2O3/c1-3-4-5-6-7-8-9-13-17(21)20-19-14-15-11-10-12-16(23-2)18(15)22/h10-12,14,22H,3-9,13H2,1-2H3,(H,20,21). The lowest BCUT2D eigenvalue weighted by molar-refractivity contribution is -0.121. The molecule has 0 spiro atoms. The lowest BCUT2D eigenvalue weighted by Gasteiger charge is -2.05. The number of rotatable bonds is 11. The highest BCUT2D eigenvalue weighted by atomic mass is 16.5. The zero-order valence-electron chi connectivity index (χ0n) is 14.2. The molecule has 1 aromatic carbocycles. The number of benzene rings is 1. The largest absolute Gasteiger partial charge is 0.504 e. The number of nitrogens with zero attached hydrogens (tertiary/aromatic N) is 1. The Bertz CT molecular complexity index is 501. The first-order valence-corrected chi connectivity index (χ1v) is 8.37. The number of nitrogens with one attached hydrogen (secondary N) is 1. The van der Waals surface area contributed by atoms with Crippen molar-refractivity contribution < 1.29 is 14.6 Å². The van der Waals surface area contributed by atoms with Crippen molar-refractivity contribution in [3.63, 3.8) is 0 Å². The van der Waals surface area contributed by atoms with E-state index in [2.05, 4.69) is 17.5 Å². The second kappa shape index (κ2) is 11.5. The highest BCUT2D eigenvalue weighted by Crippen LogP contribution is 2.27. The summed E-state index contributed by atoms with van der Waals surface area (Å²) in [6.07, 6.45) is 10.1. The number of para-hydroxylation sites is 1. The number of phenolic OH excluding ortho intramolecular Hbond substituents is 1. The Balaban J connectivity index is 2.23. The average Bonchev–Trinajstić information content (AvgIpc) is 2.55. The summed E-state index contributed by atoms with van der Waals surface area (Å²) in [7, 11) is 1.49. The van der Waals surface area contributed by atoms with Crippen molar-refractivity contribution in [2.75, 3.05) is 7.11 Å². The van der Waals surface area contributed by atoms with Crippen molar-refractivity contribution in [2.24, 2.45) is 5.10 Å². The molecular formula is C18H28N2O3. The summed E-state index contributed by atoms with van der Waals surface area (Å²) in [6, 6.07) is 5.11. The topological polar surface area (TPSA) is 70.9 Å². The second-order valence-electron chi connectivity index (χ2n) is 5.56. The minimum Gasteiger partial charge on any atom is -0.504 e. The number of amides is 1. The molecule has 1 rings (SSSR count). The number of phenols is 1. The molecule has 0 aliphatic carbocycles. The van der Waals surface area contributed by atoms with E-state index >= 15 is 0 Å². The summed E-state index contributed by atoms with van der Waals surface area (Å²) in [5.74, 6) is 0.292. The first kappa shape index (κ1) is 19.0. The molecule has 0 aliphatic rings. The third-order valence-electron chi connectivity index (χ3n) is 3.65. The zero-order valence-corrected chi connectivity index (χ0v) is 14.2. The molecule has 0 radical (unpaired) electrons. The third kappa shape index (κ3) is 7.68. The lowest BCUT2D eigenvalue weighted by Crippen LogP contribution is -2.16. The van der Waals surface area contributed by atoms with Crippen molar-refractivity contribution in [1.82, 2.24) is 5.43 Å². The Morgan fingerprint density at radius 1 is 1.22 bits per heavy atom. The fourth-order valence-corrected chi connectivity index (χ4v) is 2.28. The second-order valence-corrected chi connectivity index (χ2v) is 5.56. The van der Waals surface area contributed by atoms with E-state index in [9.17, 15) is 9.90 Å². The summed E-state index contributed by atoms with van der Waals surface area (Å²) in [5, 5.41) is 13.8. The first-order chi connectivity index (χ1) is 11.2. The fraction of sp³-hybridized carbons (Fsp3) is 0.556. The summed E-state index contributed by atoms with van der Waals surface area (Å²) >= 11 is 0. The first-order valence-electron chi connectivity index (χ1n) is 8.37. The molecule has 23 heavy (non-hydrogen) atoms. The van der Waals surface area contributed by atoms with Gasteiger partial charge in [0.15, 0.2) is 11.5 Å². The number of methoxy groups -OCH3 is 1. The molecule has 0 aromatic heterocycles. The molecule has 0 saturated heterocycles. The highest BCUT2D eigenvalue weighted by Gasteiger charge is 2.05. The van der Waals surface area contributed by atoms with E-state index in [1.165, 1.54) is 45.4 Å². The number of hydrogen-bond donors (Lipinski definition) is 2. The minimum atomic E-state index is -0.0998. The van der Waals surface area contributed by atoms with E-state index in [-0.39, 0.29) is 11.7 Å². The van der Waals surface area contributed by atoms with Crippen molar-refractivity contribution in [1.29, 1.82) is 0 Å². The monoisotopic (exact) mass is 320 g/mol. The van der Waals surface area contributed by atoms with Gasteiger partial charge in [-0.1, -0.05) is 51.5 Å². The number of unbranched alkanes of at least 4 members (excludes halogenated alkanes) is 6. The maximum atomic E-state index is 11.7. The van der Waals surface area contributed by atoms with Crippen molar-refractivity contribution in [3.05, 3.63) is 23.8 Å². The van der Waals surface area contributed by atoms with Crippen LogP contribution in [0.2, 0.25) is 0 Å². The Morgan fingerprint density at radius 3 is 2.61 bits per heavy atom. The van der Waals surface area contributed by atoms with Gasteiger partial charge < -0.3 is 9.84 Å². The SMILES string of the molecule is CCCCCCCCCC(=O)NN=Cc1cccc(OC)c1O. The normalized spacial score (nSPS) is 10.9. The molecule has 5 heteroatoms. The molecule has 0 fully saturated rings. The van der Waals surface area contributed by atoms with Crippen LogP contribution in [0.5, 0.6) is 11.5 Å². The molecule has 0 atom stereocenters. The quantitative estimate of drug-likeness (QED) is 0.368. The van der Waals surface area contributed by atoms with Crippen LogP contribution in [0.3, 0.4) is 0 Å². The van der Waals surface area contributed by atoms with Gasteiger partial charge in [-0.25, -0.2) is 5.43 Å². The number of carbonyl (C=O) groups is 1. The van der Waals surface area contributed by atoms with Crippen LogP contribution in [0.4, 0.5) is 0 Å². The lowest BCUT2D eigenvalue weighted by atomic mass is 10.1. The smallest absolute Gasteiger partial charge is 0.240 e. The Hall–Kier alpha value is -2.04. The van der Waals surface area contributed by atoms with Crippen LogP contribution >= 0.6 is 0 Å². The number of carbonyl (C=O) groups excluding carboxylic acids is 1. The van der Waals surface area contributed by atoms with Crippen LogP contribution in [-0.2, 0) is 4.79 Å². The van der Waals surface area contributed by atoms with E-state index in [1.54, 1.807) is 18.2 Å². The van der Waals surface area contributed by atoms with Crippen LogP contribution in [-0.4, -0.2) is 24.3 Å². The van der Waals surface area contributed by atoms with Gasteiger partial charge in [0.2, 0.25) is 5.91 Å². The molecule has 5 nitrogen and oxygen atoms in total. The van der Waals surface area contributed by atoms with Gasteiger partial charge in [0.1, 0.15) is 0 Å². The predicted molar refractivity (Wildman–Crippen MR) is 93.0 cm³/mol. The number of aromatic hydroxyl groups is 1. The van der Waals surface area contributed by atoms with Crippen LogP contribution in [0.25, 0.3) is 0 Å². The van der Waals surface area contributed by atoms with Gasteiger partial charge >= 0.3 is 0 Å². The van der Waals surface area contributed by atoms with E-state index in [1.807, 2.05) is 0 Å². The van der Waals surface area contributed by atoms with Gasteiger partial charge in [-0.15, -0.1) is 0 Å². The van der Waals surface area contributed by atoms with Gasteiger partial charge in [0.05, 0.1) is 13.3 Å². The number of ether oxygens (including phenoxy) is 1. The van der Waals surface area contributed by atoms with E-state index in [0.29, 0.717) is 17.7 Å². The molecule has 2 N–H and O–H groups in total. The van der Waals surface area contributed by atoms with Crippen LogP contribution in [0.1, 0.15) is 63.9 Å². The van der Waals surface area contributed by atoms with Crippen LogP contribution in [0, 0.1) is 0 Å². The summed E-state index contributed by atoms with van der Waals surface area (Å²) in [6.45, 7) is 2.20. The molecule has 1 amide bonds. The van der Waals surface area contributed by atoms with Gasteiger partial charge in [-0.2, -0.15) is 5.10 Å². The van der Waals surface area contributed by atoms with E-state index in [0.717, 1.165) is 12.8 Å². The van der Waals surface area contributed by atoms with Gasteiger partial charge in [0, 0.05) is 12.0 Å². The van der Waals surface area contributed by atoms with E-state index < -0.39 is 0 Å². The van der Waals surface area contributed by atoms with E-state index in [4.69, 9.17) is 4.74 Å². The Kier molecular flexibility index (Phi) is 9.52. The van der Waals surface area contributed by atoms with Gasteiger partial charge in [-0.05, 0) is 18.6 Å². The molecule has 0 aliphatic heterocycles. The molecule has 0 unspecified atom stereocenters. The molecule has 1 aromatic rings. The maximum absolute atomic E-state index is 11.7. The van der Waals surface area contributed by atoms with Crippen LogP contribution < -0.4 is 10.2 Å². The molecule has 0 saturated carbocycles. The molecule has 0 heterocycles. The average molecular weight is 320 g/mol. The van der Waals surface area contributed by atoms with Crippen LogP contribution in [0.15, 0.2) is 23.3 Å². The summed E-state index contributed by atoms with van der Waals surface area (Å²) < 4.78 is 5.01. The third-order valence-corrected chi connectivity index (χ3v) is 3.65. The maximum Gasteiger partial charge on any atom is 0.240 e. The number of hydrazone groups is 1.